The Labute approximate surface area is 168 Å². The van der Waals surface area contributed by atoms with Gasteiger partial charge in [0.05, 0.1) is 12.7 Å². The third-order valence-electron chi connectivity index (χ3n) is 4.02. The lowest BCUT2D eigenvalue weighted by Crippen LogP contribution is -2.26. The number of esters is 1. The second-order valence-corrected chi connectivity index (χ2v) is 6.35. The van der Waals surface area contributed by atoms with Crippen LogP contribution < -0.4 is 10.6 Å². The van der Waals surface area contributed by atoms with Crippen LogP contribution in [-0.2, 0) is 20.7 Å². The van der Waals surface area contributed by atoms with Crippen LogP contribution in [0.5, 0.6) is 0 Å². The number of carbonyl (C=O) groups excluding carboxylic acids is 4. The third-order valence-corrected chi connectivity index (χ3v) is 4.02. The van der Waals surface area contributed by atoms with E-state index in [0.717, 1.165) is 18.4 Å². The first kappa shape index (κ1) is 21.9. The van der Waals surface area contributed by atoms with Crippen LogP contribution in [0, 0.1) is 0 Å². The van der Waals surface area contributed by atoms with E-state index >= 15 is 0 Å². The molecule has 29 heavy (non-hydrogen) atoms. The Morgan fingerprint density at radius 1 is 1.00 bits per heavy atom. The molecule has 2 aromatic rings. The average molecular weight is 400 g/mol. The first-order chi connectivity index (χ1) is 14.0. The van der Waals surface area contributed by atoms with Gasteiger partial charge in [0.2, 0.25) is 5.91 Å². The van der Waals surface area contributed by atoms with Crippen LogP contribution in [0.1, 0.15) is 46.2 Å². The highest BCUT2D eigenvalue weighted by Gasteiger charge is 2.12. The first-order valence-electron chi connectivity index (χ1n) is 9.29. The molecule has 0 saturated carbocycles. The van der Waals surface area contributed by atoms with Crippen molar-refractivity contribution in [3.8, 4) is 0 Å². The highest BCUT2D eigenvalue weighted by atomic mass is 16.5. The van der Waals surface area contributed by atoms with E-state index in [4.69, 9.17) is 9.15 Å². The van der Waals surface area contributed by atoms with Gasteiger partial charge in [0.15, 0.2) is 18.2 Å². The van der Waals surface area contributed by atoms with Gasteiger partial charge in [-0.3, -0.25) is 19.2 Å². The molecule has 0 unspecified atom stereocenters. The molecule has 0 spiro atoms. The van der Waals surface area contributed by atoms with Crippen molar-refractivity contribution in [3.63, 3.8) is 0 Å². The van der Waals surface area contributed by atoms with Crippen LogP contribution in [0.4, 0.5) is 0 Å². The minimum atomic E-state index is -0.576. The molecule has 2 N–H and O–H groups in total. The lowest BCUT2D eigenvalue weighted by molar-refractivity contribution is -0.142. The number of ketones is 1. The van der Waals surface area contributed by atoms with Crippen molar-refractivity contribution in [1.82, 2.24) is 10.6 Å². The van der Waals surface area contributed by atoms with Crippen molar-refractivity contribution < 1.29 is 28.3 Å². The Balaban J connectivity index is 1.65. The minimum Gasteiger partial charge on any atom is -0.459 e. The monoisotopic (exact) mass is 400 g/mol. The number of rotatable bonds is 11. The number of carbonyl (C=O) groups is 4. The Morgan fingerprint density at radius 3 is 2.41 bits per heavy atom. The van der Waals surface area contributed by atoms with Crippen molar-refractivity contribution in [2.45, 2.75) is 26.2 Å². The van der Waals surface area contributed by atoms with Crippen molar-refractivity contribution >= 4 is 23.6 Å². The predicted octanol–water partition coefficient (Wildman–Crippen LogP) is 1.89. The van der Waals surface area contributed by atoms with Gasteiger partial charge in [-0.25, -0.2) is 0 Å². The number of furan rings is 1. The number of nitrogens with one attached hydrogen (secondary N) is 2. The average Bonchev–Trinajstić information content (AvgIpc) is 3.24. The Hall–Kier alpha value is -3.42. The Bertz CT molecular complexity index is 827. The fourth-order valence-electron chi connectivity index (χ4n) is 2.49. The van der Waals surface area contributed by atoms with Crippen LogP contribution >= 0.6 is 0 Å². The van der Waals surface area contributed by atoms with E-state index < -0.39 is 11.9 Å². The quantitative estimate of drug-likeness (QED) is 0.338. The third kappa shape index (κ3) is 8.00. The molecule has 8 nitrogen and oxygen atoms in total. The van der Waals surface area contributed by atoms with Crippen LogP contribution in [-0.4, -0.2) is 43.3 Å². The summed E-state index contributed by atoms with van der Waals surface area (Å²) in [6.07, 6.45) is 2.93. The van der Waals surface area contributed by atoms with Gasteiger partial charge in [-0.05, 0) is 30.5 Å². The summed E-state index contributed by atoms with van der Waals surface area (Å²) < 4.78 is 9.90. The maximum Gasteiger partial charge on any atom is 0.308 e. The normalized spacial score (nSPS) is 10.2. The second-order valence-electron chi connectivity index (χ2n) is 6.35. The molecular formula is C21H24N2O6. The molecule has 1 heterocycles. The smallest absolute Gasteiger partial charge is 0.308 e. The number of benzene rings is 1. The lowest BCUT2D eigenvalue weighted by atomic mass is 10.1. The largest absolute Gasteiger partial charge is 0.459 e. The van der Waals surface area contributed by atoms with Gasteiger partial charge in [-0.15, -0.1) is 0 Å². The first-order valence-corrected chi connectivity index (χ1v) is 9.29. The zero-order valence-electron chi connectivity index (χ0n) is 16.2. The van der Waals surface area contributed by atoms with E-state index in [0.29, 0.717) is 12.1 Å². The number of hydrogen-bond acceptors (Lipinski definition) is 6. The predicted molar refractivity (Wildman–Crippen MR) is 104 cm³/mol. The van der Waals surface area contributed by atoms with E-state index in [1.54, 1.807) is 18.2 Å². The SMILES string of the molecule is CC(=O)NCCCc1ccc(C(=O)COC(=O)CCNC(=O)c2ccco2)cc1. The van der Waals surface area contributed by atoms with Gasteiger partial charge in [0.1, 0.15) is 0 Å². The van der Waals surface area contributed by atoms with Crippen molar-refractivity contribution in [2.75, 3.05) is 19.7 Å². The molecule has 0 fully saturated rings. The minimum absolute atomic E-state index is 0.0486. The fourth-order valence-corrected chi connectivity index (χ4v) is 2.49. The van der Waals surface area contributed by atoms with Crippen LogP contribution in [0.25, 0.3) is 0 Å². The number of ether oxygens (including phenoxy) is 1. The van der Waals surface area contributed by atoms with Gasteiger partial charge < -0.3 is 19.8 Å². The van der Waals surface area contributed by atoms with E-state index in [-0.39, 0.29) is 37.0 Å². The molecule has 2 rings (SSSR count). The maximum absolute atomic E-state index is 12.1. The van der Waals surface area contributed by atoms with Gasteiger partial charge in [-0.1, -0.05) is 24.3 Å². The molecule has 0 aliphatic carbocycles. The van der Waals surface area contributed by atoms with E-state index in [1.807, 2.05) is 12.1 Å². The number of Topliss-reactive ketones (excluding diaryl/α,β-unsaturated/α-hetero) is 1. The summed E-state index contributed by atoms with van der Waals surface area (Å²) in [4.78, 5) is 46.3. The standard InChI is InChI=1S/C21H24N2O6/c1-15(24)22-11-2-4-16-6-8-17(9-7-16)18(25)14-29-20(26)10-12-23-21(27)19-5-3-13-28-19/h3,5-9,13H,2,4,10-12,14H2,1H3,(H,22,24)(H,23,27). The molecule has 0 aliphatic heterocycles. The van der Waals surface area contributed by atoms with Crippen molar-refractivity contribution in [1.29, 1.82) is 0 Å². The molecule has 154 valence electrons. The summed E-state index contributed by atoms with van der Waals surface area (Å²) in [5, 5.41) is 5.26. The van der Waals surface area contributed by atoms with Gasteiger partial charge >= 0.3 is 5.97 Å². The zero-order chi connectivity index (χ0) is 21.1. The molecule has 2 amide bonds. The second kappa shape index (κ2) is 11.4. The summed E-state index contributed by atoms with van der Waals surface area (Å²) >= 11 is 0. The summed E-state index contributed by atoms with van der Waals surface area (Å²) in [6, 6.07) is 10.2. The highest BCUT2D eigenvalue weighted by Crippen LogP contribution is 2.08. The van der Waals surface area contributed by atoms with Crippen LogP contribution in [0.2, 0.25) is 0 Å². The Kier molecular flexibility index (Phi) is 8.62. The summed E-state index contributed by atoms with van der Waals surface area (Å²) in [6.45, 7) is 1.81. The Morgan fingerprint density at radius 2 is 1.76 bits per heavy atom. The highest BCUT2D eigenvalue weighted by molar-refractivity contribution is 5.98. The van der Waals surface area contributed by atoms with Crippen LogP contribution in [0.15, 0.2) is 47.1 Å². The molecule has 0 radical (unpaired) electrons. The van der Waals surface area contributed by atoms with Crippen molar-refractivity contribution in [3.05, 3.63) is 59.5 Å². The molecule has 8 heteroatoms. The molecule has 0 bridgehead atoms. The molecule has 1 aromatic carbocycles. The summed E-state index contributed by atoms with van der Waals surface area (Å²) in [5.41, 5.74) is 1.51. The maximum atomic E-state index is 12.1. The molecule has 0 saturated heterocycles. The number of aryl methyl sites for hydroxylation is 1. The molecule has 0 aliphatic rings. The van der Waals surface area contributed by atoms with Gasteiger partial charge in [-0.2, -0.15) is 0 Å². The van der Waals surface area contributed by atoms with Gasteiger partial charge in [0.25, 0.3) is 5.91 Å². The number of amides is 2. The molecule has 0 atom stereocenters. The van der Waals surface area contributed by atoms with Crippen molar-refractivity contribution in [2.24, 2.45) is 0 Å². The summed E-state index contributed by atoms with van der Waals surface area (Å²) in [5.74, 6) is -1.20. The summed E-state index contributed by atoms with van der Waals surface area (Å²) in [7, 11) is 0. The van der Waals surface area contributed by atoms with E-state index in [1.165, 1.54) is 19.3 Å². The number of hydrogen-bond donors (Lipinski definition) is 2. The fraction of sp³-hybridized carbons (Fsp3) is 0.333. The van der Waals surface area contributed by atoms with Crippen LogP contribution in [0.3, 0.4) is 0 Å². The molecule has 1 aromatic heterocycles. The van der Waals surface area contributed by atoms with E-state index in [2.05, 4.69) is 10.6 Å². The van der Waals surface area contributed by atoms with Gasteiger partial charge in [0, 0.05) is 25.6 Å². The lowest BCUT2D eigenvalue weighted by Gasteiger charge is -2.07. The molecular weight excluding hydrogens is 376 g/mol. The topological polar surface area (TPSA) is 115 Å². The van der Waals surface area contributed by atoms with E-state index in [9.17, 15) is 19.2 Å². The zero-order valence-corrected chi connectivity index (χ0v) is 16.2.